The van der Waals surface area contributed by atoms with Gasteiger partial charge in [-0.1, -0.05) is 0 Å². The molecule has 3 N–H and O–H groups in total. The molecule has 0 amide bonds. The van der Waals surface area contributed by atoms with E-state index in [1.165, 1.54) is 12.4 Å². The molecule has 0 atom stereocenters. The molecule has 0 aliphatic heterocycles. The Morgan fingerprint density at radius 3 is 2.71 bits per heavy atom. The molecule has 21 heavy (non-hydrogen) atoms. The summed E-state index contributed by atoms with van der Waals surface area (Å²) in [6, 6.07) is 3.77. The molecule has 0 aliphatic rings. The fourth-order valence-corrected chi connectivity index (χ4v) is 1.67. The summed E-state index contributed by atoms with van der Waals surface area (Å²) in [6.07, 6.45) is 6.43. The van der Waals surface area contributed by atoms with E-state index in [1.807, 2.05) is 12.1 Å². The van der Waals surface area contributed by atoms with E-state index in [2.05, 4.69) is 20.5 Å². The molecule has 0 unspecified atom stereocenters. The maximum absolute atomic E-state index is 9.92. The van der Waals surface area contributed by atoms with Crippen molar-refractivity contribution in [1.82, 2.24) is 15.4 Å². The summed E-state index contributed by atoms with van der Waals surface area (Å²) in [7, 11) is 0. The van der Waals surface area contributed by atoms with Crippen LogP contribution in [-0.2, 0) is 13.2 Å². The Bertz CT molecular complexity index is 605. The summed E-state index contributed by atoms with van der Waals surface area (Å²) in [6.45, 7) is 2.04. The van der Waals surface area contributed by atoms with E-state index < -0.39 is 0 Å². The van der Waals surface area contributed by atoms with Crippen LogP contribution < -0.4 is 5.43 Å². The maximum Gasteiger partial charge on any atom is 0.145 e. The van der Waals surface area contributed by atoms with Crippen LogP contribution in [0.3, 0.4) is 0 Å². The van der Waals surface area contributed by atoms with Crippen molar-refractivity contribution < 1.29 is 10.2 Å². The molecular formula is C14H16GaN4O2. The van der Waals surface area contributed by atoms with Crippen LogP contribution in [0.4, 0.5) is 0 Å². The minimum Gasteiger partial charge on any atom is -0.505 e. The van der Waals surface area contributed by atoms with Crippen LogP contribution in [-0.4, -0.2) is 46.2 Å². The van der Waals surface area contributed by atoms with Gasteiger partial charge in [0.1, 0.15) is 5.75 Å². The van der Waals surface area contributed by atoms with Crippen molar-refractivity contribution in [3.05, 3.63) is 53.1 Å². The van der Waals surface area contributed by atoms with Gasteiger partial charge in [0.2, 0.25) is 0 Å². The SMILES string of the molecule is Cc1ncc(CO)c(C=NNCc2ccncc2)c1O.[Ga]. The molecule has 107 valence electrons. The second kappa shape index (κ2) is 8.45. The van der Waals surface area contributed by atoms with E-state index in [4.69, 9.17) is 0 Å². The van der Waals surface area contributed by atoms with E-state index in [1.54, 1.807) is 19.3 Å². The normalized spacial score (nSPS) is 10.4. The van der Waals surface area contributed by atoms with E-state index >= 15 is 0 Å². The van der Waals surface area contributed by atoms with Gasteiger partial charge in [-0.2, -0.15) is 5.10 Å². The number of aliphatic hydroxyl groups is 1. The minimum absolute atomic E-state index is 0. The minimum atomic E-state index is -0.202. The molecule has 0 saturated carbocycles. The van der Waals surface area contributed by atoms with Crippen LogP contribution in [0.25, 0.3) is 0 Å². The number of pyridine rings is 2. The van der Waals surface area contributed by atoms with Crippen LogP contribution in [0.1, 0.15) is 22.4 Å². The van der Waals surface area contributed by atoms with E-state index in [9.17, 15) is 10.2 Å². The van der Waals surface area contributed by atoms with Crippen LogP contribution in [0.2, 0.25) is 0 Å². The predicted molar refractivity (Wildman–Crippen MR) is 81.0 cm³/mol. The number of nitrogens with zero attached hydrogens (tertiary/aromatic N) is 3. The molecule has 2 aromatic rings. The van der Waals surface area contributed by atoms with Gasteiger partial charge in [0, 0.05) is 49.5 Å². The van der Waals surface area contributed by atoms with Gasteiger partial charge < -0.3 is 15.6 Å². The number of hydrogen-bond acceptors (Lipinski definition) is 6. The molecule has 6 nitrogen and oxygen atoms in total. The largest absolute Gasteiger partial charge is 0.505 e. The molecule has 0 bridgehead atoms. The zero-order chi connectivity index (χ0) is 14.4. The molecule has 0 aliphatic carbocycles. The molecule has 0 spiro atoms. The molecule has 3 radical (unpaired) electrons. The average Bonchev–Trinajstić information content (AvgIpc) is 2.49. The zero-order valence-electron chi connectivity index (χ0n) is 11.7. The quantitative estimate of drug-likeness (QED) is 0.423. The third kappa shape index (κ3) is 4.59. The second-order valence-electron chi connectivity index (χ2n) is 4.24. The summed E-state index contributed by atoms with van der Waals surface area (Å²) in [4.78, 5) is 7.92. The van der Waals surface area contributed by atoms with E-state index in [0.717, 1.165) is 5.56 Å². The maximum atomic E-state index is 9.92. The van der Waals surface area contributed by atoms with Crippen molar-refractivity contribution in [1.29, 1.82) is 0 Å². The summed E-state index contributed by atoms with van der Waals surface area (Å²) < 4.78 is 0. The van der Waals surface area contributed by atoms with Gasteiger partial charge in [0.05, 0.1) is 25.1 Å². The number of hydrogen-bond donors (Lipinski definition) is 3. The Kier molecular flexibility index (Phi) is 6.93. The first-order valence-corrected chi connectivity index (χ1v) is 6.15. The van der Waals surface area contributed by atoms with Gasteiger partial charge >= 0.3 is 0 Å². The van der Waals surface area contributed by atoms with Gasteiger partial charge in [0.15, 0.2) is 0 Å². The Hall–Kier alpha value is -1.83. The monoisotopic (exact) mass is 341 g/mol. The number of aliphatic hydroxyl groups excluding tert-OH is 1. The van der Waals surface area contributed by atoms with Crippen molar-refractivity contribution in [2.45, 2.75) is 20.1 Å². The van der Waals surface area contributed by atoms with Crippen LogP contribution in [0.15, 0.2) is 35.8 Å². The number of aromatic nitrogens is 2. The number of nitrogens with one attached hydrogen (secondary N) is 1. The molecule has 2 rings (SSSR count). The van der Waals surface area contributed by atoms with Crippen LogP contribution >= 0.6 is 0 Å². The molecule has 2 aromatic heterocycles. The Morgan fingerprint density at radius 2 is 2.05 bits per heavy atom. The molecule has 0 saturated heterocycles. The fraction of sp³-hybridized carbons (Fsp3) is 0.214. The summed E-state index contributed by atoms with van der Waals surface area (Å²) in [5.74, 6) is 0.0333. The first-order chi connectivity index (χ1) is 9.72. The fourth-order valence-electron chi connectivity index (χ4n) is 1.67. The predicted octanol–water partition coefficient (Wildman–Crippen LogP) is 0.726. The van der Waals surface area contributed by atoms with Crippen molar-refractivity contribution >= 4 is 26.0 Å². The smallest absolute Gasteiger partial charge is 0.145 e. The molecular weight excluding hydrogens is 326 g/mol. The van der Waals surface area contributed by atoms with Crippen molar-refractivity contribution in [3.8, 4) is 5.75 Å². The van der Waals surface area contributed by atoms with Gasteiger partial charge in [-0.15, -0.1) is 0 Å². The van der Waals surface area contributed by atoms with E-state index in [0.29, 0.717) is 23.4 Å². The molecule has 2 heterocycles. The van der Waals surface area contributed by atoms with Gasteiger partial charge in [-0.25, -0.2) is 0 Å². The Balaban J connectivity index is 0.00000220. The number of aromatic hydroxyl groups is 1. The van der Waals surface area contributed by atoms with Crippen LogP contribution in [0.5, 0.6) is 5.75 Å². The van der Waals surface area contributed by atoms with Crippen molar-refractivity contribution in [2.24, 2.45) is 5.10 Å². The van der Waals surface area contributed by atoms with Gasteiger partial charge in [-0.3, -0.25) is 9.97 Å². The zero-order valence-corrected chi connectivity index (χ0v) is 14.1. The molecule has 0 aromatic carbocycles. The second-order valence-corrected chi connectivity index (χ2v) is 4.24. The van der Waals surface area contributed by atoms with Crippen molar-refractivity contribution in [2.75, 3.05) is 0 Å². The average molecular weight is 342 g/mol. The third-order valence-electron chi connectivity index (χ3n) is 2.85. The number of hydrazone groups is 1. The summed E-state index contributed by atoms with van der Waals surface area (Å²) in [5.41, 5.74) is 5.43. The summed E-state index contributed by atoms with van der Waals surface area (Å²) >= 11 is 0. The first-order valence-electron chi connectivity index (χ1n) is 6.15. The Labute approximate surface area is 136 Å². The first kappa shape index (κ1) is 17.2. The number of rotatable bonds is 5. The standard InChI is InChI=1S/C14H16N4O2.Ga/c1-10-14(20)13(12(9-19)7-16-10)8-18-17-6-11-2-4-15-5-3-11;/h2-5,7-8,17,19-20H,6,9H2,1H3;. The van der Waals surface area contributed by atoms with Crippen molar-refractivity contribution in [3.63, 3.8) is 0 Å². The van der Waals surface area contributed by atoms with Gasteiger partial charge in [-0.05, 0) is 24.6 Å². The number of aryl methyl sites for hydroxylation is 1. The van der Waals surface area contributed by atoms with Crippen LogP contribution in [0, 0.1) is 6.92 Å². The Morgan fingerprint density at radius 1 is 1.33 bits per heavy atom. The molecule has 7 heteroatoms. The summed E-state index contributed by atoms with van der Waals surface area (Å²) in [5, 5.41) is 23.2. The van der Waals surface area contributed by atoms with Gasteiger partial charge in [0.25, 0.3) is 0 Å². The topological polar surface area (TPSA) is 90.6 Å². The third-order valence-corrected chi connectivity index (χ3v) is 2.85. The van der Waals surface area contributed by atoms with E-state index in [-0.39, 0.29) is 32.1 Å². The molecule has 0 fully saturated rings.